The van der Waals surface area contributed by atoms with Gasteiger partial charge in [-0.15, -0.1) is 0 Å². The molecule has 0 bridgehead atoms. The first-order valence-electron chi connectivity index (χ1n) is 7.58. The van der Waals surface area contributed by atoms with Gasteiger partial charge in [0.1, 0.15) is 11.3 Å². The Morgan fingerprint density at radius 1 is 1.32 bits per heavy atom. The van der Waals surface area contributed by atoms with E-state index in [2.05, 4.69) is 0 Å². The Labute approximate surface area is 132 Å². The molecule has 0 saturated carbocycles. The molecule has 1 atom stereocenters. The molecule has 0 spiro atoms. The van der Waals surface area contributed by atoms with Crippen molar-refractivity contribution in [1.29, 1.82) is 0 Å². The van der Waals surface area contributed by atoms with E-state index >= 15 is 0 Å². The minimum atomic E-state index is -0.673. The summed E-state index contributed by atoms with van der Waals surface area (Å²) in [4.78, 5) is 14.2. The highest BCUT2D eigenvalue weighted by Crippen LogP contribution is 2.30. The predicted molar refractivity (Wildman–Crippen MR) is 87.4 cm³/mol. The van der Waals surface area contributed by atoms with Gasteiger partial charge in [-0.05, 0) is 40.2 Å². The first kappa shape index (κ1) is 16.6. The van der Waals surface area contributed by atoms with E-state index in [9.17, 15) is 4.79 Å². The zero-order valence-corrected chi connectivity index (χ0v) is 14.0. The van der Waals surface area contributed by atoms with Crippen molar-refractivity contribution in [3.63, 3.8) is 0 Å². The normalized spacial score (nSPS) is 21.3. The van der Waals surface area contributed by atoms with Gasteiger partial charge < -0.3 is 9.47 Å². The number of ether oxygens (including phenoxy) is 2. The number of hydrogen-bond donors (Lipinski definition) is 0. The molecule has 1 heterocycles. The van der Waals surface area contributed by atoms with Crippen LogP contribution in [-0.4, -0.2) is 35.0 Å². The van der Waals surface area contributed by atoms with Crippen LogP contribution in [0.5, 0.6) is 0 Å². The third kappa shape index (κ3) is 4.10. The summed E-state index contributed by atoms with van der Waals surface area (Å²) >= 11 is 0. The highest BCUT2D eigenvalue weighted by Gasteiger charge is 2.44. The smallest absolute Gasteiger partial charge is 0.413 e. The van der Waals surface area contributed by atoms with E-state index in [1.54, 1.807) is 4.90 Å². The second-order valence-corrected chi connectivity index (χ2v) is 6.95. The standard InChI is InChI=1S/C18H25NO3/c1-17(2,3)22-16(20)19-15(13-21-18(19,4)5)12-11-14-9-7-6-8-10-14/h6-12,15H,13H2,1-5H3/t15-/m1/s1. The molecule has 0 N–H and O–H groups in total. The van der Waals surface area contributed by atoms with Crippen molar-refractivity contribution in [3.8, 4) is 0 Å². The van der Waals surface area contributed by atoms with Crippen molar-refractivity contribution in [3.05, 3.63) is 42.0 Å². The molecule has 2 rings (SSSR count). The fraction of sp³-hybridized carbons (Fsp3) is 0.500. The van der Waals surface area contributed by atoms with Crippen LogP contribution in [0.25, 0.3) is 6.08 Å². The number of carbonyl (C=O) groups excluding carboxylic acids is 1. The Morgan fingerprint density at radius 2 is 1.95 bits per heavy atom. The van der Waals surface area contributed by atoms with Crippen molar-refractivity contribution >= 4 is 12.2 Å². The highest BCUT2D eigenvalue weighted by molar-refractivity contribution is 5.70. The summed E-state index contributed by atoms with van der Waals surface area (Å²) in [6, 6.07) is 9.86. The molecule has 1 aliphatic rings. The van der Waals surface area contributed by atoms with Crippen LogP contribution < -0.4 is 0 Å². The van der Waals surface area contributed by atoms with Crippen LogP contribution in [0.15, 0.2) is 36.4 Å². The van der Waals surface area contributed by atoms with Crippen LogP contribution >= 0.6 is 0 Å². The summed E-state index contributed by atoms with van der Waals surface area (Å²) in [5.74, 6) is 0. The average molecular weight is 303 g/mol. The lowest BCUT2D eigenvalue weighted by molar-refractivity contribution is -0.0610. The maximum Gasteiger partial charge on any atom is 0.413 e. The number of amides is 1. The minimum Gasteiger partial charge on any atom is -0.444 e. The Morgan fingerprint density at radius 3 is 2.55 bits per heavy atom. The first-order valence-corrected chi connectivity index (χ1v) is 7.58. The van der Waals surface area contributed by atoms with Crippen molar-refractivity contribution in [2.75, 3.05) is 6.61 Å². The second-order valence-electron chi connectivity index (χ2n) is 6.95. The third-order valence-electron chi connectivity index (χ3n) is 3.42. The van der Waals surface area contributed by atoms with E-state index in [1.807, 2.05) is 77.1 Å². The Balaban J connectivity index is 2.16. The van der Waals surface area contributed by atoms with Crippen LogP contribution in [0.4, 0.5) is 4.79 Å². The lowest BCUT2D eigenvalue weighted by Crippen LogP contribution is -2.49. The topological polar surface area (TPSA) is 38.8 Å². The van der Waals surface area contributed by atoms with E-state index in [-0.39, 0.29) is 12.1 Å². The molecule has 1 aromatic rings. The zero-order valence-electron chi connectivity index (χ0n) is 14.0. The highest BCUT2D eigenvalue weighted by atomic mass is 16.6. The predicted octanol–water partition coefficient (Wildman–Crippen LogP) is 4.07. The Hall–Kier alpha value is -1.81. The summed E-state index contributed by atoms with van der Waals surface area (Å²) in [6.07, 6.45) is 3.65. The summed E-state index contributed by atoms with van der Waals surface area (Å²) in [5.41, 5.74) is -0.103. The molecule has 1 aliphatic heterocycles. The van der Waals surface area contributed by atoms with Gasteiger partial charge in [-0.25, -0.2) is 4.79 Å². The molecular formula is C18H25NO3. The van der Waals surface area contributed by atoms with Crippen LogP contribution in [0.1, 0.15) is 40.2 Å². The van der Waals surface area contributed by atoms with E-state index in [0.717, 1.165) is 5.56 Å². The summed E-state index contributed by atoms with van der Waals surface area (Å²) < 4.78 is 11.3. The van der Waals surface area contributed by atoms with Crippen molar-refractivity contribution in [1.82, 2.24) is 4.90 Å². The van der Waals surface area contributed by atoms with Gasteiger partial charge in [0.15, 0.2) is 0 Å². The van der Waals surface area contributed by atoms with Crippen molar-refractivity contribution in [2.45, 2.75) is 52.0 Å². The lowest BCUT2D eigenvalue weighted by Gasteiger charge is -2.34. The van der Waals surface area contributed by atoms with Gasteiger partial charge in [0.25, 0.3) is 0 Å². The molecule has 0 aromatic heterocycles. The lowest BCUT2D eigenvalue weighted by atomic mass is 10.1. The largest absolute Gasteiger partial charge is 0.444 e. The Kier molecular flexibility index (Phi) is 4.61. The second kappa shape index (κ2) is 6.13. The molecule has 1 aromatic carbocycles. The van der Waals surface area contributed by atoms with Gasteiger partial charge >= 0.3 is 6.09 Å². The van der Waals surface area contributed by atoms with Crippen LogP contribution in [-0.2, 0) is 9.47 Å². The molecule has 1 saturated heterocycles. The van der Waals surface area contributed by atoms with Gasteiger partial charge in [0.05, 0.1) is 12.6 Å². The van der Waals surface area contributed by atoms with Crippen LogP contribution in [0, 0.1) is 0 Å². The maximum absolute atomic E-state index is 12.5. The molecule has 0 unspecified atom stereocenters. The fourth-order valence-corrected chi connectivity index (χ4v) is 2.43. The van der Waals surface area contributed by atoms with Crippen molar-refractivity contribution in [2.24, 2.45) is 0 Å². The van der Waals surface area contributed by atoms with Gasteiger partial charge in [-0.1, -0.05) is 42.5 Å². The van der Waals surface area contributed by atoms with E-state index < -0.39 is 11.3 Å². The van der Waals surface area contributed by atoms with Gasteiger partial charge in [0.2, 0.25) is 0 Å². The number of hydrogen-bond acceptors (Lipinski definition) is 3. The molecule has 22 heavy (non-hydrogen) atoms. The molecular weight excluding hydrogens is 278 g/mol. The molecule has 0 radical (unpaired) electrons. The average Bonchev–Trinajstić information content (AvgIpc) is 2.71. The zero-order chi connectivity index (χ0) is 16.4. The molecule has 1 amide bonds. The third-order valence-corrected chi connectivity index (χ3v) is 3.42. The number of nitrogens with zero attached hydrogens (tertiary/aromatic N) is 1. The quantitative estimate of drug-likeness (QED) is 0.826. The number of benzene rings is 1. The van der Waals surface area contributed by atoms with E-state index in [1.165, 1.54) is 0 Å². The molecule has 120 valence electrons. The number of carbonyl (C=O) groups is 1. The van der Waals surface area contributed by atoms with Gasteiger partial charge in [-0.3, -0.25) is 4.90 Å². The van der Waals surface area contributed by atoms with Crippen LogP contribution in [0.3, 0.4) is 0 Å². The fourth-order valence-electron chi connectivity index (χ4n) is 2.43. The van der Waals surface area contributed by atoms with E-state index in [0.29, 0.717) is 6.61 Å². The first-order chi connectivity index (χ1) is 10.2. The SMILES string of the molecule is CC(C)(C)OC(=O)N1[C@H](C=Cc2ccccc2)COC1(C)C. The van der Waals surface area contributed by atoms with Crippen LogP contribution in [0.2, 0.25) is 0 Å². The number of rotatable bonds is 2. The minimum absolute atomic E-state index is 0.134. The van der Waals surface area contributed by atoms with E-state index in [4.69, 9.17) is 9.47 Å². The summed E-state index contributed by atoms with van der Waals surface area (Å²) in [5, 5.41) is 0. The van der Waals surface area contributed by atoms with Gasteiger partial charge in [0, 0.05) is 0 Å². The Bertz CT molecular complexity index is 543. The summed E-state index contributed by atoms with van der Waals surface area (Å²) in [6.45, 7) is 9.83. The maximum atomic E-state index is 12.5. The molecule has 0 aliphatic carbocycles. The summed E-state index contributed by atoms with van der Waals surface area (Å²) in [7, 11) is 0. The molecule has 1 fully saturated rings. The van der Waals surface area contributed by atoms with Gasteiger partial charge in [-0.2, -0.15) is 0 Å². The van der Waals surface area contributed by atoms with Crippen molar-refractivity contribution < 1.29 is 14.3 Å². The molecule has 4 heteroatoms. The monoisotopic (exact) mass is 303 g/mol. The molecule has 4 nitrogen and oxygen atoms in total.